The van der Waals surface area contributed by atoms with Gasteiger partial charge in [0.1, 0.15) is 0 Å². The lowest BCUT2D eigenvalue weighted by atomic mass is 10.2. The first-order valence-corrected chi connectivity index (χ1v) is 11.8. The molecule has 1 aliphatic heterocycles. The molecule has 0 saturated carbocycles. The highest BCUT2D eigenvalue weighted by molar-refractivity contribution is 8.00. The molecule has 2 atom stereocenters. The highest BCUT2D eigenvalue weighted by Crippen LogP contribution is 2.28. The van der Waals surface area contributed by atoms with Gasteiger partial charge in [0.25, 0.3) is 0 Å². The summed E-state index contributed by atoms with van der Waals surface area (Å²) in [5.74, 6) is 0.200. The number of amides is 1. The molecular weight excluding hydrogens is 382 g/mol. The van der Waals surface area contributed by atoms with Gasteiger partial charge >= 0.3 is 0 Å². The van der Waals surface area contributed by atoms with Crippen LogP contribution in [0.25, 0.3) is 5.69 Å². The van der Waals surface area contributed by atoms with Gasteiger partial charge in [-0.3, -0.25) is 9.36 Å². The Hall–Kier alpha value is -1.80. The van der Waals surface area contributed by atoms with Crippen molar-refractivity contribution < 1.29 is 13.2 Å². The molecule has 1 amide bonds. The van der Waals surface area contributed by atoms with Gasteiger partial charge in [-0.25, -0.2) is 13.4 Å². The molecule has 146 valence electrons. The molecule has 1 saturated heterocycles. The second-order valence-corrected chi connectivity index (χ2v) is 10.4. The summed E-state index contributed by atoms with van der Waals surface area (Å²) in [4.78, 5) is 19.1. The quantitative estimate of drug-likeness (QED) is 0.689. The zero-order valence-corrected chi connectivity index (χ0v) is 17.5. The van der Waals surface area contributed by atoms with E-state index in [-0.39, 0.29) is 28.7 Å². The maximum atomic E-state index is 13.0. The third kappa shape index (κ3) is 4.55. The van der Waals surface area contributed by atoms with Crippen LogP contribution < -0.4 is 0 Å². The SMILES string of the molecule is CCN(C(=O)C(C)Sc1nccn1-c1cccc(C)c1)C1CCS(=O)(=O)C1. The summed E-state index contributed by atoms with van der Waals surface area (Å²) >= 11 is 1.40. The van der Waals surface area contributed by atoms with Crippen molar-refractivity contribution in [1.29, 1.82) is 0 Å². The molecule has 6 nitrogen and oxygen atoms in total. The molecule has 8 heteroatoms. The number of nitrogens with zero attached hydrogens (tertiary/aromatic N) is 3. The molecular formula is C19H25N3O3S2. The summed E-state index contributed by atoms with van der Waals surface area (Å²) in [7, 11) is -3.02. The maximum Gasteiger partial charge on any atom is 0.236 e. The van der Waals surface area contributed by atoms with Crippen molar-refractivity contribution in [3.05, 3.63) is 42.2 Å². The largest absolute Gasteiger partial charge is 0.338 e. The van der Waals surface area contributed by atoms with Gasteiger partial charge in [0, 0.05) is 30.7 Å². The predicted molar refractivity (Wildman–Crippen MR) is 108 cm³/mol. The van der Waals surface area contributed by atoms with Crippen LogP contribution in [-0.4, -0.2) is 58.1 Å². The third-order valence-corrected chi connectivity index (χ3v) is 7.61. The summed E-state index contributed by atoms with van der Waals surface area (Å²) < 4.78 is 25.5. The minimum absolute atomic E-state index is 0.0385. The molecule has 1 aromatic heterocycles. The van der Waals surface area contributed by atoms with E-state index in [0.29, 0.717) is 13.0 Å². The zero-order chi connectivity index (χ0) is 19.6. The molecule has 0 N–H and O–H groups in total. The van der Waals surface area contributed by atoms with Gasteiger partial charge in [0.2, 0.25) is 5.91 Å². The maximum absolute atomic E-state index is 13.0. The van der Waals surface area contributed by atoms with Crippen LogP contribution >= 0.6 is 11.8 Å². The number of aryl methyl sites for hydroxylation is 1. The van der Waals surface area contributed by atoms with Gasteiger partial charge in [-0.15, -0.1) is 0 Å². The van der Waals surface area contributed by atoms with Crippen LogP contribution in [0.3, 0.4) is 0 Å². The van der Waals surface area contributed by atoms with E-state index in [1.54, 1.807) is 11.1 Å². The normalized spacial score (nSPS) is 19.7. The Kier molecular flexibility index (Phi) is 5.95. The monoisotopic (exact) mass is 407 g/mol. The lowest BCUT2D eigenvalue weighted by Gasteiger charge is -2.29. The molecule has 0 spiro atoms. The number of carbonyl (C=O) groups excluding carboxylic acids is 1. The van der Waals surface area contributed by atoms with E-state index in [4.69, 9.17) is 0 Å². The molecule has 27 heavy (non-hydrogen) atoms. The van der Waals surface area contributed by atoms with Crippen LogP contribution in [0.1, 0.15) is 25.8 Å². The summed E-state index contributed by atoms with van der Waals surface area (Å²) in [5, 5.41) is 0.399. The number of sulfone groups is 1. The third-order valence-electron chi connectivity index (χ3n) is 4.79. The minimum Gasteiger partial charge on any atom is -0.338 e. The van der Waals surface area contributed by atoms with E-state index in [9.17, 15) is 13.2 Å². The van der Waals surface area contributed by atoms with Crippen LogP contribution in [0.5, 0.6) is 0 Å². The highest BCUT2D eigenvalue weighted by Gasteiger charge is 2.35. The highest BCUT2D eigenvalue weighted by atomic mass is 32.2. The van der Waals surface area contributed by atoms with Crippen molar-refractivity contribution in [3.63, 3.8) is 0 Å². The van der Waals surface area contributed by atoms with Crippen LogP contribution in [0.2, 0.25) is 0 Å². The fraction of sp³-hybridized carbons (Fsp3) is 0.474. The Bertz CT molecular complexity index is 924. The predicted octanol–water partition coefficient (Wildman–Crippen LogP) is 2.70. The van der Waals surface area contributed by atoms with Crippen LogP contribution in [0, 0.1) is 6.92 Å². The van der Waals surface area contributed by atoms with Crippen LogP contribution in [0.4, 0.5) is 0 Å². The lowest BCUT2D eigenvalue weighted by molar-refractivity contribution is -0.131. The fourth-order valence-electron chi connectivity index (χ4n) is 3.41. The van der Waals surface area contributed by atoms with Crippen molar-refractivity contribution in [2.45, 2.75) is 43.6 Å². The van der Waals surface area contributed by atoms with Crippen LogP contribution in [0.15, 0.2) is 41.8 Å². The molecule has 1 aliphatic rings. The molecule has 3 rings (SSSR count). The van der Waals surface area contributed by atoms with Crippen molar-refractivity contribution in [2.24, 2.45) is 0 Å². The summed E-state index contributed by atoms with van der Waals surface area (Å²) in [6.45, 7) is 6.30. The fourth-order valence-corrected chi connectivity index (χ4v) is 6.09. The van der Waals surface area contributed by atoms with Crippen molar-refractivity contribution in [1.82, 2.24) is 14.5 Å². The standard InChI is InChI=1S/C19H25N3O3S2/c1-4-21(17-8-11-27(24,25)13-17)18(23)15(3)26-19-20-9-10-22(19)16-7-5-6-14(2)12-16/h5-7,9-10,12,15,17H,4,8,11,13H2,1-3H3. The number of rotatable bonds is 6. The van der Waals surface area contributed by atoms with E-state index in [0.717, 1.165) is 16.4 Å². The average Bonchev–Trinajstić information content (AvgIpc) is 3.21. The Morgan fingerprint density at radius 2 is 2.22 bits per heavy atom. The first kappa shape index (κ1) is 19.9. The minimum atomic E-state index is -3.02. The number of benzene rings is 1. The van der Waals surface area contributed by atoms with E-state index >= 15 is 0 Å². The van der Waals surface area contributed by atoms with Crippen molar-refractivity contribution in [3.8, 4) is 5.69 Å². The van der Waals surface area contributed by atoms with E-state index in [2.05, 4.69) is 11.1 Å². The molecule has 0 bridgehead atoms. The van der Waals surface area contributed by atoms with E-state index in [1.165, 1.54) is 11.8 Å². The number of imidazole rings is 1. The van der Waals surface area contributed by atoms with E-state index in [1.807, 2.05) is 49.7 Å². The Balaban J connectivity index is 1.74. The van der Waals surface area contributed by atoms with Gasteiger partial charge in [0.15, 0.2) is 15.0 Å². The van der Waals surface area contributed by atoms with Crippen LogP contribution in [-0.2, 0) is 14.6 Å². The first-order valence-electron chi connectivity index (χ1n) is 9.08. The van der Waals surface area contributed by atoms with Crippen molar-refractivity contribution >= 4 is 27.5 Å². The first-order chi connectivity index (χ1) is 12.8. The number of hydrogen-bond donors (Lipinski definition) is 0. The summed E-state index contributed by atoms with van der Waals surface area (Å²) in [5.41, 5.74) is 2.16. The second kappa shape index (κ2) is 8.06. The molecule has 0 aliphatic carbocycles. The Morgan fingerprint density at radius 3 is 2.85 bits per heavy atom. The topological polar surface area (TPSA) is 72.3 Å². The lowest BCUT2D eigenvalue weighted by Crippen LogP contribution is -2.44. The van der Waals surface area contributed by atoms with Gasteiger partial charge in [0.05, 0.1) is 16.8 Å². The molecule has 2 heterocycles. The number of carbonyl (C=O) groups is 1. The summed E-state index contributed by atoms with van der Waals surface area (Å²) in [6.07, 6.45) is 4.13. The molecule has 0 radical (unpaired) electrons. The van der Waals surface area contributed by atoms with Gasteiger partial charge in [-0.1, -0.05) is 23.9 Å². The molecule has 1 aromatic carbocycles. The van der Waals surface area contributed by atoms with Gasteiger partial charge in [-0.05, 0) is 44.9 Å². The molecule has 2 aromatic rings. The number of aromatic nitrogens is 2. The number of thioether (sulfide) groups is 1. The Labute approximate surface area is 164 Å². The van der Waals surface area contributed by atoms with Gasteiger partial charge in [-0.2, -0.15) is 0 Å². The Morgan fingerprint density at radius 1 is 1.44 bits per heavy atom. The molecule has 1 fully saturated rings. The number of hydrogen-bond acceptors (Lipinski definition) is 5. The molecule has 2 unspecified atom stereocenters. The van der Waals surface area contributed by atoms with Gasteiger partial charge < -0.3 is 4.90 Å². The average molecular weight is 408 g/mol. The zero-order valence-electron chi connectivity index (χ0n) is 15.8. The smallest absolute Gasteiger partial charge is 0.236 e. The summed E-state index contributed by atoms with van der Waals surface area (Å²) in [6, 6.07) is 7.89. The second-order valence-electron chi connectivity index (χ2n) is 6.86. The van der Waals surface area contributed by atoms with E-state index < -0.39 is 9.84 Å². The van der Waals surface area contributed by atoms with Crippen molar-refractivity contribution in [2.75, 3.05) is 18.1 Å².